The quantitative estimate of drug-likeness (QED) is 0.583. The highest BCUT2D eigenvalue weighted by molar-refractivity contribution is 5.78. The lowest BCUT2D eigenvalue weighted by atomic mass is 10.1. The molecule has 0 aromatic rings. The van der Waals surface area contributed by atoms with Crippen molar-refractivity contribution in [2.75, 3.05) is 6.54 Å². The standard InChI is InChI=1S/C7H14N2O/c8-5-1-2-6-3-4-7(10)9-6/h6H,1-5,8H2,(H,9,10). The van der Waals surface area contributed by atoms with Crippen LogP contribution in [0.15, 0.2) is 0 Å². The topological polar surface area (TPSA) is 55.1 Å². The monoisotopic (exact) mass is 142 g/mol. The molecular formula is C7H14N2O. The minimum atomic E-state index is 0.196. The van der Waals surface area contributed by atoms with Gasteiger partial charge >= 0.3 is 0 Å². The molecule has 1 saturated heterocycles. The normalized spacial score (nSPS) is 24.9. The fourth-order valence-electron chi connectivity index (χ4n) is 1.26. The lowest BCUT2D eigenvalue weighted by Crippen LogP contribution is -2.25. The van der Waals surface area contributed by atoms with Crippen molar-refractivity contribution in [3.63, 3.8) is 0 Å². The van der Waals surface area contributed by atoms with Crippen molar-refractivity contribution in [1.29, 1.82) is 0 Å². The van der Waals surface area contributed by atoms with E-state index in [4.69, 9.17) is 5.73 Å². The lowest BCUT2D eigenvalue weighted by Gasteiger charge is -2.06. The van der Waals surface area contributed by atoms with E-state index in [-0.39, 0.29) is 5.91 Å². The lowest BCUT2D eigenvalue weighted by molar-refractivity contribution is -0.119. The molecule has 1 heterocycles. The summed E-state index contributed by atoms with van der Waals surface area (Å²) in [5.41, 5.74) is 5.33. The highest BCUT2D eigenvalue weighted by atomic mass is 16.1. The van der Waals surface area contributed by atoms with Crippen LogP contribution in [0.4, 0.5) is 0 Å². The maximum Gasteiger partial charge on any atom is 0.220 e. The van der Waals surface area contributed by atoms with Crippen molar-refractivity contribution < 1.29 is 4.79 Å². The molecule has 10 heavy (non-hydrogen) atoms. The first-order valence-electron chi connectivity index (χ1n) is 3.82. The number of hydrogen-bond acceptors (Lipinski definition) is 2. The summed E-state index contributed by atoms with van der Waals surface area (Å²) in [6.07, 6.45) is 3.77. The molecule has 1 rings (SSSR count). The van der Waals surface area contributed by atoms with Crippen LogP contribution >= 0.6 is 0 Å². The minimum absolute atomic E-state index is 0.196. The SMILES string of the molecule is NCCCC1CCC(=O)N1. The molecule has 0 aliphatic carbocycles. The van der Waals surface area contributed by atoms with Gasteiger partial charge in [-0.15, -0.1) is 0 Å². The number of amides is 1. The van der Waals surface area contributed by atoms with Gasteiger partial charge in [0.2, 0.25) is 5.91 Å². The third-order valence-corrected chi connectivity index (χ3v) is 1.84. The summed E-state index contributed by atoms with van der Waals surface area (Å²) in [6, 6.07) is 0.413. The molecule has 0 radical (unpaired) electrons. The van der Waals surface area contributed by atoms with Gasteiger partial charge < -0.3 is 11.1 Å². The summed E-state index contributed by atoms with van der Waals surface area (Å²) in [7, 11) is 0. The van der Waals surface area contributed by atoms with Gasteiger partial charge in [-0.1, -0.05) is 0 Å². The largest absolute Gasteiger partial charge is 0.353 e. The van der Waals surface area contributed by atoms with Crippen LogP contribution in [0.1, 0.15) is 25.7 Å². The van der Waals surface area contributed by atoms with Crippen LogP contribution in [-0.4, -0.2) is 18.5 Å². The molecule has 0 spiro atoms. The summed E-state index contributed by atoms with van der Waals surface area (Å²) in [4.78, 5) is 10.7. The molecule has 1 amide bonds. The molecule has 0 saturated carbocycles. The van der Waals surface area contributed by atoms with Gasteiger partial charge in [-0.3, -0.25) is 4.79 Å². The highest BCUT2D eigenvalue weighted by Gasteiger charge is 2.19. The van der Waals surface area contributed by atoms with Gasteiger partial charge in [-0.2, -0.15) is 0 Å². The first-order chi connectivity index (χ1) is 4.83. The van der Waals surface area contributed by atoms with Crippen LogP contribution in [0, 0.1) is 0 Å². The van der Waals surface area contributed by atoms with Crippen molar-refractivity contribution in [1.82, 2.24) is 5.32 Å². The van der Waals surface area contributed by atoms with E-state index in [0.717, 1.165) is 25.8 Å². The highest BCUT2D eigenvalue weighted by Crippen LogP contribution is 2.10. The van der Waals surface area contributed by atoms with E-state index in [1.165, 1.54) is 0 Å². The second kappa shape index (κ2) is 3.56. The first-order valence-corrected chi connectivity index (χ1v) is 3.82. The van der Waals surface area contributed by atoms with Gasteiger partial charge in [0.1, 0.15) is 0 Å². The molecule has 0 aromatic heterocycles. The number of carbonyl (C=O) groups is 1. The third-order valence-electron chi connectivity index (χ3n) is 1.84. The van der Waals surface area contributed by atoms with E-state index in [1.54, 1.807) is 0 Å². The number of hydrogen-bond donors (Lipinski definition) is 2. The second-order valence-corrected chi connectivity index (χ2v) is 2.73. The Morgan fingerprint density at radius 2 is 2.50 bits per heavy atom. The summed E-state index contributed by atoms with van der Waals surface area (Å²) >= 11 is 0. The van der Waals surface area contributed by atoms with Crippen molar-refractivity contribution >= 4 is 5.91 Å². The predicted octanol–water partition coefficient (Wildman–Crippen LogP) is 0.00390. The van der Waals surface area contributed by atoms with Crippen molar-refractivity contribution in [3.05, 3.63) is 0 Å². The van der Waals surface area contributed by atoms with Crippen molar-refractivity contribution in [3.8, 4) is 0 Å². The van der Waals surface area contributed by atoms with Gasteiger partial charge in [-0.05, 0) is 25.8 Å². The van der Waals surface area contributed by atoms with Crippen LogP contribution in [0.3, 0.4) is 0 Å². The van der Waals surface area contributed by atoms with Crippen LogP contribution in [0.2, 0.25) is 0 Å². The molecule has 0 bridgehead atoms. The molecule has 3 heteroatoms. The van der Waals surface area contributed by atoms with Gasteiger partial charge in [-0.25, -0.2) is 0 Å². The van der Waals surface area contributed by atoms with Crippen molar-refractivity contribution in [2.45, 2.75) is 31.7 Å². The molecule has 1 aliphatic heterocycles. The van der Waals surface area contributed by atoms with Crippen LogP contribution in [-0.2, 0) is 4.79 Å². The summed E-state index contributed by atoms with van der Waals surface area (Å²) in [6.45, 7) is 0.729. The molecule has 1 fully saturated rings. The second-order valence-electron chi connectivity index (χ2n) is 2.73. The summed E-state index contributed by atoms with van der Waals surface area (Å²) < 4.78 is 0. The average Bonchev–Trinajstić information content (AvgIpc) is 2.31. The van der Waals surface area contributed by atoms with E-state index in [9.17, 15) is 4.79 Å². The Balaban J connectivity index is 2.12. The maximum absolute atomic E-state index is 10.7. The van der Waals surface area contributed by atoms with E-state index in [2.05, 4.69) is 5.32 Å². The van der Waals surface area contributed by atoms with E-state index in [1.807, 2.05) is 0 Å². The van der Waals surface area contributed by atoms with Gasteiger partial charge in [0.15, 0.2) is 0 Å². The Bertz CT molecular complexity index is 125. The zero-order valence-electron chi connectivity index (χ0n) is 6.10. The third kappa shape index (κ3) is 1.99. The first kappa shape index (κ1) is 7.54. The number of nitrogens with one attached hydrogen (secondary N) is 1. The molecular weight excluding hydrogens is 128 g/mol. The Morgan fingerprint density at radius 1 is 1.70 bits per heavy atom. The Morgan fingerprint density at radius 3 is 3.00 bits per heavy atom. The van der Waals surface area contributed by atoms with Crippen molar-refractivity contribution in [2.24, 2.45) is 5.73 Å². The summed E-state index contributed by atoms with van der Waals surface area (Å²) in [5, 5.41) is 2.89. The zero-order valence-corrected chi connectivity index (χ0v) is 6.10. The number of nitrogens with two attached hydrogens (primary N) is 1. The zero-order chi connectivity index (χ0) is 7.40. The van der Waals surface area contributed by atoms with Crippen LogP contribution in [0.5, 0.6) is 0 Å². The molecule has 1 unspecified atom stereocenters. The molecule has 0 aromatic carbocycles. The van der Waals surface area contributed by atoms with Gasteiger partial charge in [0.05, 0.1) is 0 Å². The number of carbonyl (C=O) groups excluding carboxylic acids is 1. The smallest absolute Gasteiger partial charge is 0.220 e. The summed E-state index contributed by atoms with van der Waals surface area (Å²) in [5.74, 6) is 0.196. The molecule has 3 nitrogen and oxygen atoms in total. The van der Waals surface area contributed by atoms with Gasteiger partial charge in [0, 0.05) is 12.5 Å². The Labute approximate surface area is 61.0 Å². The number of rotatable bonds is 3. The average molecular weight is 142 g/mol. The maximum atomic E-state index is 10.7. The van der Waals surface area contributed by atoms with Crippen LogP contribution in [0.25, 0.3) is 0 Å². The fraction of sp³-hybridized carbons (Fsp3) is 0.857. The van der Waals surface area contributed by atoms with E-state index in [0.29, 0.717) is 12.5 Å². The van der Waals surface area contributed by atoms with Gasteiger partial charge in [0.25, 0.3) is 0 Å². The van der Waals surface area contributed by atoms with Crippen LogP contribution < -0.4 is 11.1 Å². The van der Waals surface area contributed by atoms with E-state index < -0.39 is 0 Å². The fourth-order valence-corrected chi connectivity index (χ4v) is 1.26. The molecule has 58 valence electrons. The Hall–Kier alpha value is -0.570. The molecule has 1 aliphatic rings. The minimum Gasteiger partial charge on any atom is -0.353 e. The molecule has 1 atom stereocenters. The Kier molecular flexibility index (Phi) is 2.68. The predicted molar refractivity (Wildman–Crippen MR) is 39.5 cm³/mol. The van der Waals surface area contributed by atoms with E-state index >= 15 is 0 Å². The molecule has 3 N–H and O–H groups in total.